The van der Waals surface area contributed by atoms with Gasteiger partial charge in [0.2, 0.25) is 0 Å². The lowest BCUT2D eigenvalue weighted by Gasteiger charge is -2.33. The van der Waals surface area contributed by atoms with Crippen LogP contribution in [-0.4, -0.2) is 12.6 Å². The van der Waals surface area contributed by atoms with Crippen LogP contribution < -0.4 is 5.32 Å². The molecule has 1 nitrogen and oxygen atoms in total. The lowest BCUT2D eigenvalue weighted by atomic mass is 9.80. The van der Waals surface area contributed by atoms with E-state index in [0.29, 0.717) is 6.04 Å². The Bertz CT molecular complexity index is 368. The Kier molecular flexibility index (Phi) is 5.00. The highest BCUT2D eigenvalue weighted by Gasteiger charge is 2.24. The number of benzene rings is 1. The van der Waals surface area contributed by atoms with Gasteiger partial charge in [0.25, 0.3) is 0 Å². The summed E-state index contributed by atoms with van der Waals surface area (Å²) in [5, 5.41) is 3.68. The number of hydrogen-bond acceptors (Lipinski definition) is 1. The smallest absolute Gasteiger partial charge is 0.0140 e. The Morgan fingerprint density at radius 1 is 1.17 bits per heavy atom. The van der Waals surface area contributed by atoms with E-state index in [4.69, 9.17) is 0 Å². The molecule has 0 spiro atoms. The molecule has 1 aliphatic rings. The summed E-state index contributed by atoms with van der Waals surface area (Å²) < 4.78 is 0. The van der Waals surface area contributed by atoms with E-state index in [1.165, 1.54) is 24.8 Å². The van der Waals surface area contributed by atoms with Crippen LogP contribution >= 0.6 is 0 Å². The van der Waals surface area contributed by atoms with Gasteiger partial charge in [0.1, 0.15) is 0 Å². The van der Waals surface area contributed by atoms with Crippen molar-refractivity contribution < 1.29 is 0 Å². The summed E-state index contributed by atoms with van der Waals surface area (Å²) >= 11 is 0. The predicted octanol–water partition coefficient (Wildman–Crippen LogP) is 4.11. The van der Waals surface area contributed by atoms with Crippen molar-refractivity contribution in [3.8, 4) is 0 Å². The third-order valence-electron chi connectivity index (χ3n) is 4.04. The average molecular weight is 243 g/mol. The van der Waals surface area contributed by atoms with Crippen LogP contribution in [0.4, 0.5) is 0 Å². The Morgan fingerprint density at radius 3 is 2.67 bits per heavy atom. The minimum atomic E-state index is 0.710. The minimum Gasteiger partial charge on any atom is -0.310 e. The molecule has 0 amide bonds. The van der Waals surface area contributed by atoms with Gasteiger partial charge >= 0.3 is 0 Å². The largest absolute Gasteiger partial charge is 0.310 e. The molecule has 1 saturated carbocycles. The summed E-state index contributed by atoms with van der Waals surface area (Å²) in [6.07, 6.45) is 8.52. The maximum Gasteiger partial charge on any atom is 0.0140 e. The second-order valence-electron chi connectivity index (χ2n) is 5.72. The van der Waals surface area contributed by atoms with Gasteiger partial charge in [-0.05, 0) is 36.7 Å². The molecule has 3 atom stereocenters. The molecule has 0 aromatic heterocycles. The fourth-order valence-corrected chi connectivity index (χ4v) is 2.95. The Labute approximate surface area is 111 Å². The number of rotatable bonds is 4. The van der Waals surface area contributed by atoms with E-state index >= 15 is 0 Å². The highest BCUT2D eigenvalue weighted by atomic mass is 14.9. The summed E-state index contributed by atoms with van der Waals surface area (Å²) in [7, 11) is 0. The first-order chi connectivity index (χ1) is 8.75. The van der Waals surface area contributed by atoms with Gasteiger partial charge < -0.3 is 5.32 Å². The van der Waals surface area contributed by atoms with Crippen molar-refractivity contribution in [2.45, 2.75) is 39.2 Å². The minimum absolute atomic E-state index is 0.710. The Hall–Kier alpha value is -1.08. The van der Waals surface area contributed by atoms with Crippen LogP contribution in [-0.2, 0) is 0 Å². The zero-order valence-corrected chi connectivity index (χ0v) is 11.6. The van der Waals surface area contributed by atoms with Crippen molar-refractivity contribution in [3.63, 3.8) is 0 Å². The van der Waals surface area contributed by atoms with Gasteiger partial charge in [-0.2, -0.15) is 0 Å². The van der Waals surface area contributed by atoms with Gasteiger partial charge in [-0.25, -0.2) is 0 Å². The molecule has 1 aliphatic carbocycles. The highest BCUT2D eigenvalue weighted by Crippen LogP contribution is 2.28. The lowest BCUT2D eigenvalue weighted by molar-refractivity contribution is 0.233. The van der Waals surface area contributed by atoms with Crippen molar-refractivity contribution in [2.24, 2.45) is 11.8 Å². The summed E-state index contributed by atoms with van der Waals surface area (Å²) in [5.74, 6) is 1.73. The summed E-state index contributed by atoms with van der Waals surface area (Å²) in [5.41, 5.74) is 1.28. The monoisotopic (exact) mass is 243 g/mol. The van der Waals surface area contributed by atoms with Gasteiger partial charge in [-0.15, -0.1) is 0 Å². The van der Waals surface area contributed by atoms with Crippen molar-refractivity contribution in [1.82, 2.24) is 5.32 Å². The lowest BCUT2D eigenvalue weighted by Crippen LogP contribution is -2.39. The number of hydrogen-bond donors (Lipinski definition) is 1. The molecular formula is C17H25N. The maximum atomic E-state index is 3.68. The third kappa shape index (κ3) is 3.99. The maximum absolute atomic E-state index is 3.68. The van der Waals surface area contributed by atoms with Gasteiger partial charge in [-0.1, -0.05) is 56.3 Å². The summed E-state index contributed by atoms with van der Waals surface area (Å²) in [4.78, 5) is 0. The third-order valence-corrected chi connectivity index (χ3v) is 4.04. The van der Waals surface area contributed by atoms with Crippen molar-refractivity contribution in [3.05, 3.63) is 42.0 Å². The molecule has 0 aliphatic heterocycles. The molecule has 18 heavy (non-hydrogen) atoms. The molecule has 0 bridgehead atoms. The average Bonchev–Trinajstić information content (AvgIpc) is 2.38. The topological polar surface area (TPSA) is 12.0 Å². The van der Waals surface area contributed by atoms with Crippen LogP contribution in [0, 0.1) is 11.8 Å². The standard InChI is InChI=1S/C17H25N/c1-14-10-11-17(15(2)13-14)18-12-6-9-16-7-4-3-5-8-16/h3-9,14-15,17-18H,10-13H2,1-2H3. The molecule has 2 rings (SSSR count). The SMILES string of the molecule is CC1CCC(NCC=Cc2ccccc2)C(C)C1. The normalized spacial score (nSPS) is 28.7. The molecule has 1 aromatic rings. The Balaban J connectivity index is 1.74. The van der Waals surface area contributed by atoms with E-state index in [2.05, 4.69) is 61.6 Å². The van der Waals surface area contributed by atoms with E-state index in [1.54, 1.807) is 0 Å². The molecule has 1 aromatic carbocycles. The van der Waals surface area contributed by atoms with E-state index < -0.39 is 0 Å². The van der Waals surface area contributed by atoms with Gasteiger partial charge in [0.15, 0.2) is 0 Å². The molecule has 3 unspecified atom stereocenters. The molecule has 0 saturated heterocycles. The van der Waals surface area contributed by atoms with Gasteiger partial charge in [0.05, 0.1) is 0 Å². The molecule has 98 valence electrons. The van der Waals surface area contributed by atoms with E-state index in [9.17, 15) is 0 Å². The van der Waals surface area contributed by atoms with Crippen molar-refractivity contribution in [2.75, 3.05) is 6.54 Å². The quantitative estimate of drug-likeness (QED) is 0.839. The summed E-state index contributed by atoms with van der Waals surface area (Å²) in [6, 6.07) is 11.2. The predicted molar refractivity (Wildman–Crippen MR) is 79.4 cm³/mol. The van der Waals surface area contributed by atoms with E-state index in [-0.39, 0.29) is 0 Å². The Morgan fingerprint density at radius 2 is 1.94 bits per heavy atom. The molecule has 1 fully saturated rings. The fourth-order valence-electron chi connectivity index (χ4n) is 2.95. The highest BCUT2D eigenvalue weighted by molar-refractivity contribution is 5.48. The van der Waals surface area contributed by atoms with Crippen LogP contribution in [0.15, 0.2) is 36.4 Å². The van der Waals surface area contributed by atoms with Crippen LogP contribution in [0.3, 0.4) is 0 Å². The fraction of sp³-hybridized carbons (Fsp3) is 0.529. The van der Waals surface area contributed by atoms with Crippen LogP contribution in [0.2, 0.25) is 0 Å². The molecule has 1 heteroatoms. The second-order valence-corrected chi connectivity index (χ2v) is 5.72. The first-order valence-corrected chi connectivity index (χ1v) is 7.20. The molecular weight excluding hydrogens is 218 g/mol. The second kappa shape index (κ2) is 6.75. The zero-order valence-electron chi connectivity index (χ0n) is 11.6. The molecule has 0 radical (unpaired) electrons. The van der Waals surface area contributed by atoms with Crippen LogP contribution in [0.1, 0.15) is 38.7 Å². The van der Waals surface area contributed by atoms with E-state index in [1.807, 2.05) is 0 Å². The van der Waals surface area contributed by atoms with Crippen molar-refractivity contribution >= 4 is 6.08 Å². The van der Waals surface area contributed by atoms with Gasteiger partial charge in [-0.3, -0.25) is 0 Å². The molecule has 0 heterocycles. The van der Waals surface area contributed by atoms with Crippen LogP contribution in [0.5, 0.6) is 0 Å². The van der Waals surface area contributed by atoms with Crippen molar-refractivity contribution in [1.29, 1.82) is 0 Å². The zero-order chi connectivity index (χ0) is 12.8. The first-order valence-electron chi connectivity index (χ1n) is 7.20. The number of nitrogens with one attached hydrogen (secondary N) is 1. The first kappa shape index (κ1) is 13.4. The van der Waals surface area contributed by atoms with E-state index in [0.717, 1.165) is 18.4 Å². The van der Waals surface area contributed by atoms with Gasteiger partial charge in [0, 0.05) is 12.6 Å². The van der Waals surface area contributed by atoms with Crippen LogP contribution in [0.25, 0.3) is 6.08 Å². The molecule has 1 N–H and O–H groups in total. The summed E-state index contributed by atoms with van der Waals surface area (Å²) in [6.45, 7) is 5.74.